The van der Waals surface area contributed by atoms with E-state index in [1.807, 2.05) is 0 Å². The van der Waals surface area contributed by atoms with Crippen LogP contribution in [0.3, 0.4) is 0 Å². The molecule has 11 heteroatoms. The van der Waals surface area contributed by atoms with Gasteiger partial charge in [-0.1, -0.05) is 17.7 Å². The van der Waals surface area contributed by atoms with Crippen molar-refractivity contribution < 1.29 is 18.0 Å². The zero-order valence-electron chi connectivity index (χ0n) is 15.0. The van der Waals surface area contributed by atoms with E-state index in [2.05, 4.69) is 10.3 Å². The average Bonchev–Trinajstić information content (AvgIpc) is 2.65. The number of alkyl halides is 3. The number of rotatable bonds is 4. The number of nitrogens with zero attached hydrogens (tertiary/aromatic N) is 3. The number of aryl methyl sites for hydroxylation is 1. The number of pyridine rings is 1. The predicted octanol–water partition coefficient (Wildman–Crippen LogP) is 2.80. The molecule has 0 aliphatic carbocycles. The van der Waals surface area contributed by atoms with Gasteiger partial charge >= 0.3 is 11.9 Å². The van der Waals surface area contributed by atoms with E-state index < -0.39 is 29.0 Å². The molecule has 3 rings (SSSR count). The van der Waals surface area contributed by atoms with Gasteiger partial charge in [0.05, 0.1) is 5.39 Å². The molecule has 29 heavy (non-hydrogen) atoms. The highest BCUT2D eigenvalue weighted by molar-refractivity contribution is 6.30. The SMILES string of the molecule is Cn1c(=O)n(CCC(=O)Nc2cccc(Cl)c2)c(=O)c2ccc(C(F)(F)F)nc21. The number of aromatic nitrogens is 3. The van der Waals surface area contributed by atoms with Crippen molar-refractivity contribution in [2.24, 2.45) is 7.05 Å². The molecule has 0 bridgehead atoms. The second kappa shape index (κ2) is 7.70. The fourth-order valence-electron chi connectivity index (χ4n) is 2.73. The van der Waals surface area contributed by atoms with Gasteiger partial charge in [0.2, 0.25) is 5.91 Å². The molecule has 1 N–H and O–H groups in total. The Hall–Kier alpha value is -3.14. The Morgan fingerprint density at radius 3 is 2.59 bits per heavy atom. The number of hydrogen-bond donors (Lipinski definition) is 1. The van der Waals surface area contributed by atoms with Crippen LogP contribution in [-0.4, -0.2) is 20.0 Å². The van der Waals surface area contributed by atoms with Gasteiger partial charge in [0, 0.05) is 30.7 Å². The van der Waals surface area contributed by atoms with Crippen LogP contribution in [0.2, 0.25) is 5.02 Å². The maximum absolute atomic E-state index is 12.9. The summed E-state index contributed by atoms with van der Waals surface area (Å²) < 4.78 is 40.2. The van der Waals surface area contributed by atoms with Crippen LogP contribution >= 0.6 is 11.6 Å². The molecular formula is C18H14ClF3N4O3. The molecule has 0 aliphatic rings. The Morgan fingerprint density at radius 1 is 1.21 bits per heavy atom. The van der Waals surface area contributed by atoms with Crippen LogP contribution in [-0.2, 0) is 24.6 Å². The molecule has 0 saturated carbocycles. The van der Waals surface area contributed by atoms with Crippen LogP contribution < -0.4 is 16.6 Å². The van der Waals surface area contributed by atoms with Crippen molar-refractivity contribution >= 4 is 34.2 Å². The summed E-state index contributed by atoms with van der Waals surface area (Å²) in [6.07, 6.45) is -4.92. The monoisotopic (exact) mass is 426 g/mol. The molecular weight excluding hydrogens is 413 g/mol. The van der Waals surface area contributed by atoms with Gasteiger partial charge in [-0.15, -0.1) is 0 Å². The van der Waals surface area contributed by atoms with Crippen LogP contribution in [0.5, 0.6) is 0 Å². The minimum absolute atomic E-state index is 0.157. The Kier molecular flexibility index (Phi) is 5.47. The van der Waals surface area contributed by atoms with Crippen LogP contribution in [0.25, 0.3) is 11.0 Å². The fourth-order valence-corrected chi connectivity index (χ4v) is 2.92. The Bertz CT molecular complexity index is 1220. The molecule has 0 aliphatic heterocycles. The number of halogens is 4. The van der Waals surface area contributed by atoms with Gasteiger partial charge in [0.25, 0.3) is 5.56 Å². The third kappa shape index (κ3) is 4.32. The number of fused-ring (bicyclic) bond motifs is 1. The fraction of sp³-hybridized carbons (Fsp3) is 0.222. The summed E-state index contributed by atoms with van der Waals surface area (Å²) in [5, 5.41) is 2.85. The lowest BCUT2D eigenvalue weighted by molar-refractivity contribution is -0.141. The second-order valence-electron chi connectivity index (χ2n) is 6.17. The lowest BCUT2D eigenvalue weighted by Gasteiger charge is -2.12. The van der Waals surface area contributed by atoms with Crippen LogP contribution in [0, 0.1) is 0 Å². The van der Waals surface area contributed by atoms with Gasteiger partial charge in [0.15, 0.2) is 0 Å². The normalized spacial score (nSPS) is 11.6. The van der Waals surface area contributed by atoms with Crippen LogP contribution in [0.15, 0.2) is 46.0 Å². The van der Waals surface area contributed by atoms with Gasteiger partial charge in [-0.2, -0.15) is 13.2 Å². The van der Waals surface area contributed by atoms with Gasteiger partial charge < -0.3 is 5.32 Å². The standard InChI is InChI=1S/C18H14ClF3N4O3/c1-25-15-12(5-6-13(24-15)18(20,21)22)16(28)26(17(25)29)8-7-14(27)23-11-4-2-3-10(19)9-11/h2-6,9H,7-8H2,1H3,(H,23,27). The van der Waals surface area contributed by atoms with Crippen molar-refractivity contribution in [1.29, 1.82) is 0 Å². The van der Waals surface area contributed by atoms with E-state index >= 15 is 0 Å². The quantitative estimate of drug-likeness (QED) is 0.695. The maximum atomic E-state index is 12.9. The number of carbonyl (C=O) groups is 1. The van der Waals surface area contributed by atoms with Gasteiger partial charge in [-0.25, -0.2) is 9.78 Å². The van der Waals surface area contributed by atoms with E-state index in [9.17, 15) is 27.6 Å². The molecule has 0 radical (unpaired) electrons. The first kappa shape index (κ1) is 20.6. The van der Waals surface area contributed by atoms with Crippen molar-refractivity contribution in [3.63, 3.8) is 0 Å². The van der Waals surface area contributed by atoms with E-state index in [1.165, 1.54) is 13.1 Å². The number of hydrogen-bond acceptors (Lipinski definition) is 4. The third-order valence-electron chi connectivity index (χ3n) is 4.15. The summed E-state index contributed by atoms with van der Waals surface area (Å²) in [6, 6.07) is 8.07. The Labute approximate surface area is 166 Å². The number of amides is 1. The summed E-state index contributed by atoms with van der Waals surface area (Å²) in [4.78, 5) is 40.5. The zero-order valence-corrected chi connectivity index (χ0v) is 15.7. The van der Waals surface area contributed by atoms with Crippen molar-refractivity contribution in [3.05, 3.63) is 68.0 Å². The second-order valence-corrected chi connectivity index (χ2v) is 6.61. The molecule has 0 unspecified atom stereocenters. The minimum Gasteiger partial charge on any atom is -0.326 e. The minimum atomic E-state index is -4.71. The molecule has 0 saturated heterocycles. The van der Waals surface area contributed by atoms with Crippen molar-refractivity contribution in [1.82, 2.24) is 14.1 Å². The number of carbonyl (C=O) groups excluding carboxylic acids is 1. The van der Waals surface area contributed by atoms with Gasteiger partial charge in [0.1, 0.15) is 11.3 Å². The summed E-state index contributed by atoms with van der Waals surface area (Å²) in [5.41, 5.74) is -2.83. The molecule has 0 atom stereocenters. The molecule has 0 spiro atoms. The number of benzene rings is 1. The topological polar surface area (TPSA) is 86.0 Å². The highest BCUT2D eigenvalue weighted by Gasteiger charge is 2.33. The van der Waals surface area contributed by atoms with Crippen molar-refractivity contribution in [3.8, 4) is 0 Å². The van der Waals surface area contributed by atoms with Crippen molar-refractivity contribution in [2.75, 3.05) is 5.32 Å². The first-order chi connectivity index (χ1) is 13.6. The zero-order chi connectivity index (χ0) is 21.3. The highest BCUT2D eigenvalue weighted by Crippen LogP contribution is 2.28. The third-order valence-corrected chi connectivity index (χ3v) is 4.38. The summed E-state index contributed by atoms with van der Waals surface area (Å²) in [7, 11) is 1.21. The molecule has 0 fully saturated rings. The first-order valence-corrected chi connectivity index (χ1v) is 8.69. The van der Waals surface area contributed by atoms with E-state index in [-0.39, 0.29) is 24.0 Å². The molecule has 2 aromatic heterocycles. The number of nitrogens with one attached hydrogen (secondary N) is 1. The lowest BCUT2D eigenvalue weighted by atomic mass is 10.2. The van der Waals surface area contributed by atoms with E-state index in [1.54, 1.807) is 18.2 Å². The van der Waals surface area contributed by atoms with E-state index in [0.29, 0.717) is 16.8 Å². The van der Waals surface area contributed by atoms with E-state index in [0.717, 1.165) is 15.2 Å². The van der Waals surface area contributed by atoms with Gasteiger partial charge in [-0.05, 0) is 30.3 Å². The molecule has 152 valence electrons. The Balaban J connectivity index is 1.89. The van der Waals surface area contributed by atoms with Crippen LogP contribution in [0.4, 0.5) is 18.9 Å². The van der Waals surface area contributed by atoms with Crippen LogP contribution in [0.1, 0.15) is 12.1 Å². The Morgan fingerprint density at radius 2 is 1.93 bits per heavy atom. The van der Waals surface area contributed by atoms with E-state index in [4.69, 9.17) is 11.6 Å². The smallest absolute Gasteiger partial charge is 0.326 e. The van der Waals surface area contributed by atoms with Gasteiger partial charge in [-0.3, -0.25) is 18.7 Å². The average molecular weight is 427 g/mol. The highest BCUT2D eigenvalue weighted by atomic mass is 35.5. The maximum Gasteiger partial charge on any atom is 0.433 e. The largest absolute Gasteiger partial charge is 0.433 e. The molecule has 2 heterocycles. The molecule has 1 aromatic carbocycles. The lowest BCUT2D eigenvalue weighted by Crippen LogP contribution is -2.40. The summed E-state index contributed by atoms with van der Waals surface area (Å²) in [5.74, 6) is -0.466. The molecule has 1 amide bonds. The summed E-state index contributed by atoms with van der Waals surface area (Å²) in [6.45, 7) is -0.255. The summed E-state index contributed by atoms with van der Waals surface area (Å²) >= 11 is 5.84. The predicted molar refractivity (Wildman–Crippen MR) is 101 cm³/mol. The molecule has 7 nitrogen and oxygen atoms in total. The number of anilines is 1. The van der Waals surface area contributed by atoms with Crippen molar-refractivity contribution in [2.45, 2.75) is 19.1 Å². The first-order valence-electron chi connectivity index (χ1n) is 8.31. The molecule has 3 aromatic rings.